The summed E-state index contributed by atoms with van der Waals surface area (Å²) in [6.45, 7) is 2.94. The molecule has 1 saturated heterocycles. The van der Waals surface area contributed by atoms with Crippen LogP contribution in [0.15, 0.2) is 48.5 Å². The highest BCUT2D eigenvalue weighted by molar-refractivity contribution is 5.85. The zero-order valence-electron chi connectivity index (χ0n) is 14.5. The lowest BCUT2D eigenvalue weighted by molar-refractivity contribution is 0.0965. The van der Waals surface area contributed by atoms with Gasteiger partial charge < -0.3 is 4.74 Å². The molecule has 3 atom stereocenters. The molecule has 0 aromatic heterocycles. The number of benzene rings is 2. The Labute approximate surface area is 155 Å². The topological polar surface area (TPSA) is 12.5 Å². The number of hydrogen-bond donors (Lipinski definition) is 0. The fraction of sp³-hybridized carbons (Fsp3) is 0.429. The van der Waals surface area contributed by atoms with Gasteiger partial charge in [-0.05, 0) is 47.6 Å². The third kappa shape index (κ3) is 3.74. The maximum absolute atomic E-state index is 13.6. The van der Waals surface area contributed by atoms with E-state index in [0.717, 1.165) is 25.2 Å². The molecule has 0 saturated carbocycles. The van der Waals surface area contributed by atoms with Gasteiger partial charge in [-0.25, -0.2) is 4.39 Å². The molecule has 2 aromatic carbocycles. The van der Waals surface area contributed by atoms with Crippen LogP contribution in [-0.4, -0.2) is 37.7 Å². The fourth-order valence-electron chi connectivity index (χ4n) is 4.44. The third-order valence-corrected chi connectivity index (χ3v) is 5.66. The number of fused-ring (bicyclic) bond motifs is 1. The Kier molecular flexibility index (Phi) is 5.78. The zero-order chi connectivity index (χ0) is 16.5. The SMILES string of the molecule is COC1CN(CC2CCc3ccccc32)CC1c1cccc(F)c1.Cl. The summed E-state index contributed by atoms with van der Waals surface area (Å²) in [6.07, 6.45) is 2.57. The number of ether oxygens (including phenoxy) is 1. The third-order valence-electron chi connectivity index (χ3n) is 5.66. The number of likely N-dealkylation sites (tertiary alicyclic amines) is 1. The van der Waals surface area contributed by atoms with E-state index in [2.05, 4.69) is 29.2 Å². The van der Waals surface area contributed by atoms with E-state index in [1.807, 2.05) is 6.07 Å². The molecule has 0 amide bonds. The van der Waals surface area contributed by atoms with Crippen molar-refractivity contribution in [3.8, 4) is 0 Å². The lowest BCUT2D eigenvalue weighted by Gasteiger charge is -2.21. The molecule has 25 heavy (non-hydrogen) atoms. The number of methoxy groups -OCH3 is 1. The molecule has 1 fully saturated rings. The van der Waals surface area contributed by atoms with Crippen LogP contribution in [-0.2, 0) is 11.2 Å². The molecule has 0 N–H and O–H groups in total. The van der Waals surface area contributed by atoms with Crippen molar-refractivity contribution >= 4 is 12.4 Å². The summed E-state index contributed by atoms with van der Waals surface area (Å²) in [5.41, 5.74) is 4.07. The van der Waals surface area contributed by atoms with Gasteiger partial charge in [0.2, 0.25) is 0 Å². The average Bonchev–Trinajstić information content (AvgIpc) is 3.20. The predicted molar refractivity (Wildman–Crippen MR) is 101 cm³/mol. The number of hydrogen-bond acceptors (Lipinski definition) is 2. The Hall–Kier alpha value is -1.42. The van der Waals surface area contributed by atoms with Gasteiger partial charge in [0, 0.05) is 32.7 Å². The molecule has 2 aromatic rings. The van der Waals surface area contributed by atoms with E-state index in [1.165, 1.54) is 30.0 Å². The second-order valence-electron chi connectivity index (χ2n) is 7.09. The maximum atomic E-state index is 13.6. The summed E-state index contributed by atoms with van der Waals surface area (Å²) in [5.74, 6) is 0.706. The minimum absolute atomic E-state index is 0. The molecule has 1 aliphatic heterocycles. The van der Waals surface area contributed by atoms with Gasteiger partial charge in [-0.2, -0.15) is 0 Å². The molecule has 1 aliphatic carbocycles. The Morgan fingerprint density at radius 3 is 2.76 bits per heavy atom. The molecule has 4 heteroatoms. The molecule has 1 heterocycles. The van der Waals surface area contributed by atoms with Gasteiger partial charge in [0.25, 0.3) is 0 Å². The molecule has 0 radical (unpaired) electrons. The van der Waals surface area contributed by atoms with Crippen LogP contribution < -0.4 is 0 Å². The Bertz CT molecular complexity index is 723. The van der Waals surface area contributed by atoms with Crippen LogP contribution in [0.2, 0.25) is 0 Å². The van der Waals surface area contributed by atoms with Gasteiger partial charge in [0.1, 0.15) is 5.82 Å². The minimum Gasteiger partial charge on any atom is -0.379 e. The summed E-state index contributed by atoms with van der Waals surface area (Å²) in [4.78, 5) is 2.50. The number of halogens is 2. The molecule has 2 nitrogen and oxygen atoms in total. The van der Waals surface area contributed by atoms with Crippen LogP contribution in [0.5, 0.6) is 0 Å². The van der Waals surface area contributed by atoms with E-state index in [-0.39, 0.29) is 30.2 Å². The standard InChI is InChI=1S/C21H24FNO.ClH/c1-24-21-14-23(13-20(21)16-6-4-7-18(22)11-16)12-17-10-9-15-5-2-3-8-19(15)17;/h2-8,11,17,20-21H,9-10,12-14H2,1H3;1H. The highest BCUT2D eigenvalue weighted by Gasteiger charge is 2.36. The van der Waals surface area contributed by atoms with Crippen LogP contribution >= 0.6 is 12.4 Å². The highest BCUT2D eigenvalue weighted by atomic mass is 35.5. The second kappa shape index (κ2) is 7.86. The van der Waals surface area contributed by atoms with Gasteiger partial charge in [0.15, 0.2) is 0 Å². The molecule has 134 valence electrons. The minimum atomic E-state index is -0.162. The first kappa shape index (κ1) is 18.4. The van der Waals surface area contributed by atoms with Gasteiger partial charge in [-0.15, -0.1) is 12.4 Å². The van der Waals surface area contributed by atoms with Crippen molar-refractivity contribution < 1.29 is 9.13 Å². The van der Waals surface area contributed by atoms with E-state index in [1.54, 1.807) is 19.2 Å². The zero-order valence-corrected chi connectivity index (χ0v) is 15.3. The molecule has 0 bridgehead atoms. The number of aryl methyl sites for hydroxylation is 1. The van der Waals surface area contributed by atoms with E-state index >= 15 is 0 Å². The first-order valence-electron chi connectivity index (χ1n) is 8.83. The van der Waals surface area contributed by atoms with Gasteiger partial charge in [0.05, 0.1) is 6.10 Å². The predicted octanol–water partition coefficient (Wildman–Crippen LogP) is 4.39. The largest absolute Gasteiger partial charge is 0.379 e. The molecule has 3 unspecified atom stereocenters. The van der Waals surface area contributed by atoms with E-state index in [0.29, 0.717) is 5.92 Å². The van der Waals surface area contributed by atoms with E-state index < -0.39 is 0 Å². The fourth-order valence-corrected chi connectivity index (χ4v) is 4.44. The van der Waals surface area contributed by atoms with Crippen LogP contribution in [0.25, 0.3) is 0 Å². The summed E-state index contributed by atoms with van der Waals surface area (Å²) >= 11 is 0. The van der Waals surface area contributed by atoms with E-state index in [9.17, 15) is 4.39 Å². The molecular formula is C21H25ClFNO. The van der Waals surface area contributed by atoms with Crippen molar-refractivity contribution in [2.45, 2.75) is 30.8 Å². The maximum Gasteiger partial charge on any atom is 0.123 e. The summed E-state index contributed by atoms with van der Waals surface area (Å²) in [5, 5.41) is 0. The number of nitrogens with zero attached hydrogens (tertiary/aromatic N) is 1. The smallest absolute Gasteiger partial charge is 0.123 e. The van der Waals surface area contributed by atoms with Crippen molar-refractivity contribution in [3.63, 3.8) is 0 Å². The van der Waals surface area contributed by atoms with Gasteiger partial charge >= 0.3 is 0 Å². The first-order valence-corrected chi connectivity index (χ1v) is 8.83. The lowest BCUT2D eigenvalue weighted by Crippen LogP contribution is -2.27. The van der Waals surface area contributed by atoms with Crippen molar-refractivity contribution in [2.24, 2.45) is 0 Å². The normalized spacial score (nSPS) is 25.6. The quantitative estimate of drug-likeness (QED) is 0.800. The average molecular weight is 362 g/mol. The summed E-state index contributed by atoms with van der Waals surface area (Å²) in [6, 6.07) is 15.8. The van der Waals surface area contributed by atoms with Crippen LogP contribution in [0.1, 0.15) is 34.9 Å². The van der Waals surface area contributed by atoms with Gasteiger partial charge in [-0.1, -0.05) is 36.4 Å². The van der Waals surface area contributed by atoms with Crippen molar-refractivity contribution in [1.29, 1.82) is 0 Å². The number of rotatable bonds is 4. The Morgan fingerprint density at radius 1 is 1.12 bits per heavy atom. The van der Waals surface area contributed by atoms with Crippen LogP contribution in [0.3, 0.4) is 0 Å². The Morgan fingerprint density at radius 2 is 1.96 bits per heavy atom. The molecule has 2 aliphatic rings. The van der Waals surface area contributed by atoms with Gasteiger partial charge in [-0.3, -0.25) is 4.90 Å². The highest BCUT2D eigenvalue weighted by Crippen LogP contribution is 2.36. The second-order valence-corrected chi connectivity index (χ2v) is 7.09. The van der Waals surface area contributed by atoms with Crippen molar-refractivity contribution in [3.05, 3.63) is 71.0 Å². The lowest BCUT2D eigenvalue weighted by atomic mass is 9.96. The monoisotopic (exact) mass is 361 g/mol. The van der Waals surface area contributed by atoms with Crippen molar-refractivity contribution in [1.82, 2.24) is 4.90 Å². The molecular weight excluding hydrogens is 337 g/mol. The van der Waals surface area contributed by atoms with Crippen LogP contribution in [0.4, 0.5) is 4.39 Å². The van der Waals surface area contributed by atoms with E-state index in [4.69, 9.17) is 4.74 Å². The Balaban J connectivity index is 0.00000182. The first-order chi connectivity index (χ1) is 11.7. The van der Waals surface area contributed by atoms with Crippen LogP contribution in [0, 0.1) is 5.82 Å². The molecule has 0 spiro atoms. The molecule has 4 rings (SSSR count). The summed E-state index contributed by atoms with van der Waals surface area (Å²) < 4.78 is 19.3. The summed E-state index contributed by atoms with van der Waals surface area (Å²) in [7, 11) is 1.77. The van der Waals surface area contributed by atoms with Crippen molar-refractivity contribution in [2.75, 3.05) is 26.7 Å².